The second-order valence-corrected chi connectivity index (χ2v) is 5.26. The Morgan fingerprint density at radius 1 is 1.16 bits per heavy atom. The molecule has 0 aliphatic carbocycles. The number of hydrogen-bond donors (Lipinski definition) is 1. The van der Waals surface area contributed by atoms with Gasteiger partial charge in [-0.1, -0.05) is 0 Å². The molecule has 0 saturated heterocycles. The number of benzene rings is 1. The summed E-state index contributed by atoms with van der Waals surface area (Å²) in [5, 5.41) is 12.1. The van der Waals surface area contributed by atoms with Crippen LogP contribution in [-0.4, -0.2) is 13.2 Å². The van der Waals surface area contributed by atoms with Gasteiger partial charge in [0.1, 0.15) is 24.2 Å². The van der Waals surface area contributed by atoms with Crippen molar-refractivity contribution in [2.75, 3.05) is 18.5 Å². The first-order chi connectivity index (χ1) is 9.35. The summed E-state index contributed by atoms with van der Waals surface area (Å²) in [5.74, 6) is 1.57. The fourth-order valence-electron chi connectivity index (χ4n) is 1.88. The van der Waals surface area contributed by atoms with Crippen LogP contribution in [0.3, 0.4) is 0 Å². The van der Waals surface area contributed by atoms with Crippen LogP contribution in [0.5, 0.6) is 11.5 Å². The number of nitrogens with one attached hydrogen (secondary N) is 1. The third-order valence-corrected chi connectivity index (χ3v) is 3.77. The Morgan fingerprint density at radius 3 is 2.79 bits per heavy atom. The second kappa shape index (κ2) is 5.21. The molecule has 5 heteroatoms. The zero-order valence-corrected chi connectivity index (χ0v) is 11.0. The van der Waals surface area contributed by atoms with E-state index in [-0.39, 0.29) is 0 Å². The first kappa shape index (κ1) is 11.9. The molecule has 0 fully saturated rings. The van der Waals surface area contributed by atoms with E-state index in [1.165, 1.54) is 11.3 Å². The number of thiophene rings is 1. The number of fused-ring (bicyclic) bond motifs is 1. The summed E-state index contributed by atoms with van der Waals surface area (Å²) in [6, 6.07) is 11.8. The van der Waals surface area contributed by atoms with Gasteiger partial charge in [0.15, 0.2) is 11.5 Å². The van der Waals surface area contributed by atoms with Crippen molar-refractivity contribution in [2.45, 2.75) is 6.54 Å². The van der Waals surface area contributed by atoms with Crippen LogP contribution < -0.4 is 14.8 Å². The van der Waals surface area contributed by atoms with E-state index in [1.807, 2.05) is 30.3 Å². The average Bonchev–Trinajstić information content (AvgIpc) is 2.93. The van der Waals surface area contributed by atoms with E-state index in [1.54, 1.807) is 0 Å². The van der Waals surface area contributed by atoms with E-state index in [2.05, 4.69) is 11.4 Å². The number of nitriles is 1. The van der Waals surface area contributed by atoms with E-state index >= 15 is 0 Å². The molecule has 0 spiro atoms. The molecule has 96 valence electrons. The lowest BCUT2D eigenvalue weighted by Crippen LogP contribution is -2.15. The number of rotatable bonds is 3. The maximum absolute atomic E-state index is 8.78. The lowest BCUT2D eigenvalue weighted by atomic mass is 10.2. The quantitative estimate of drug-likeness (QED) is 0.933. The molecule has 1 aromatic heterocycles. The van der Waals surface area contributed by atoms with E-state index in [9.17, 15) is 0 Å². The lowest BCUT2D eigenvalue weighted by Gasteiger charge is -2.19. The fourth-order valence-corrected chi connectivity index (χ4v) is 2.62. The van der Waals surface area contributed by atoms with Gasteiger partial charge in [-0.2, -0.15) is 5.26 Å². The lowest BCUT2D eigenvalue weighted by molar-refractivity contribution is 0.171. The van der Waals surface area contributed by atoms with Gasteiger partial charge in [0.2, 0.25) is 0 Å². The van der Waals surface area contributed by atoms with Crippen LogP contribution in [0.4, 0.5) is 5.69 Å². The molecule has 0 unspecified atom stereocenters. The van der Waals surface area contributed by atoms with Crippen molar-refractivity contribution < 1.29 is 9.47 Å². The minimum Gasteiger partial charge on any atom is -0.486 e. The standard InChI is InChI=1S/C14H12N2O2S/c15-8-11-2-3-12(19-11)9-16-10-1-4-13-14(7-10)18-6-5-17-13/h1-4,7,16H,5-6,9H2. The monoisotopic (exact) mass is 272 g/mol. The van der Waals surface area contributed by atoms with Crippen molar-refractivity contribution in [2.24, 2.45) is 0 Å². The molecule has 4 nitrogen and oxygen atoms in total. The average molecular weight is 272 g/mol. The molecule has 1 aliphatic rings. The molecule has 3 rings (SSSR count). The van der Waals surface area contributed by atoms with Gasteiger partial charge >= 0.3 is 0 Å². The van der Waals surface area contributed by atoms with Crippen molar-refractivity contribution in [1.29, 1.82) is 5.26 Å². The molecule has 1 aliphatic heterocycles. The Hall–Kier alpha value is -2.19. The highest BCUT2D eigenvalue weighted by molar-refractivity contribution is 7.12. The summed E-state index contributed by atoms with van der Waals surface area (Å²) < 4.78 is 11.0. The SMILES string of the molecule is N#Cc1ccc(CNc2ccc3c(c2)OCCO3)s1. The fraction of sp³-hybridized carbons (Fsp3) is 0.214. The van der Waals surface area contributed by atoms with Crippen molar-refractivity contribution >= 4 is 17.0 Å². The number of nitrogens with zero attached hydrogens (tertiary/aromatic N) is 1. The molecular weight excluding hydrogens is 260 g/mol. The van der Waals surface area contributed by atoms with Gasteiger partial charge in [-0.15, -0.1) is 11.3 Å². The molecule has 1 aromatic carbocycles. The Labute approximate surface area is 115 Å². The van der Waals surface area contributed by atoms with Crippen LogP contribution in [0.1, 0.15) is 9.75 Å². The van der Waals surface area contributed by atoms with Gasteiger partial charge in [0.05, 0.1) is 0 Å². The Balaban J connectivity index is 1.68. The molecule has 19 heavy (non-hydrogen) atoms. The minimum absolute atomic E-state index is 0.590. The normalized spacial score (nSPS) is 12.8. The number of anilines is 1. The van der Waals surface area contributed by atoms with Crippen molar-refractivity contribution in [3.63, 3.8) is 0 Å². The summed E-state index contributed by atoms with van der Waals surface area (Å²) in [7, 11) is 0. The van der Waals surface area contributed by atoms with Crippen LogP contribution in [0.2, 0.25) is 0 Å². The maximum Gasteiger partial charge on any atom is 0.163 e. The van der Waals surface area contributed by atoms with E-state index < -0.39 is 0 Å². The first-order valence-electron chi connectivity index (χ1n) is 5.97. The van der Waals surface area contributed by atoms with Gasteiger partial charge in [0, 0.05) is 23.2 Å². The topological polar surface area (TPSA) is 54.3 Å². The zero-order chi connectivity index (χ0) is 13.1. The molecule has 1 N–H and O–H groups in total. The van der Waals surface area contributed by atoms with Crippen LogP contribution in [0, 0.1) is 11.3 Å². The van der Waals surface area contributed by atoms with Crippen LogP contribution in [0.25, 0.3) is 0 Å². The van der Waals surface area contributed by atoms with Crippen LogP contribution >= 0.6 is 11.3 Å². The predicted molar refractivity (Wildman–Crippen MR) is 73.8 cm³/mol. The summed E-state index contributed by atoms with van der Waals surface area (Å²) in [6.45, 7) is 1.89. The number of hydrogen-bond acceptors (Lipinski definition) is 5. The molecule has 0 radical (unpaired) electrons. The van der Waals surface area contributed by atoms with Crippen molar-refractivity contribution in [3.05, 3.63) is 40.1 Å². The zero-order valence-electron chi connectivity index (χ0n) is 10.2. The van der Waals surface area contributed by atoms with E-state index in [4.69, 9.17) is 14.7 Å². The molecule has 0 atom stereocenters. The van der Waals surface area contributed by atoms with Gasteiger partial charge < -0.3 is 14.8 Å². The second-order valence-electron chi connectivity index (χ2n) is 4.09. The molecule has 2 aromatic rings. The van der Waals surface area contributed by atoms with Crippen LogP contribution in [-0.2, 0) is 6.54 Å². The Bertz CT molecular complexity index is 631. The number of ether oxygens (including phenoxy) is 2. The third-order valence-electron chi connectivity index (χ3n) is 2.78. The van der Waals surface area contributed by atoms with Gasteiger partial charge in [-0.25, -0.2) is 0 Å². The summed E-state index contributed by atoms with van der Waals surface area (Å²) in [4.78, 5) is 1.87. The van der Waals surface area contributed by atoms with Crippen molar-refractivity contribution in [1.82, 2.24) is 0 Å². The van der Waals surface area contributed by atoms with E-state index in [0.29, 0.717) is 19.8 Å². The maximum atomic E-state index is 8.78. The summed E-state index contributed by atoms with van der Waals surface area (Å²) in [6.07, 6.45) is 0. The highest BCUT2D eigenvalue weighted by atomic mass is 32.1. The Kier molecular flexibility index (Phi) is 3.25. The summed E-state index contributed by atoms with van der Waals surface area (Å²) >= 11 is 1.50. The van der Waals surface area contributed by atoms with Crippen LogP contribution in [0.15, 0.2) is 30.3 Å². The first-order valence-corrected chi connectivity index (χ1v) is 6.79. The molecule has 0 amide bonds. The largest absolute Gasteiger partial charge is 0.486 e. The molecule has 2 heterocycles. The minimum atomic E-state index is 0.590. The van der Waals surface area contributed by atoms with Gasteiger partial charge in [-0.05, 0) is 24.3 Å². The predicted octanol–water partition coefficient (Wildman–Crippen LogP) is 3.00. The summed E-state index contributed by atoms with van der Waals surface area (Å²) in [5.41, 5.74) is 0.983. The molecule has 0 saturated carbocycles. The van der Waals surface area contributed by atoms with E-state index in [0.717, 1.165) is 26.9 Å². The van der Waals surface area contributed by atoms with Gasteiger partial charge in [0.25, 0.3) is 0 Å². The highest BCUT2D eigenvalue weighted by Crippen LogP contribution is 2.32. The third kappa shape index (κ3) is 2.64. The molecule has 0 bridgehead atoms. The molecular formula is C14H12N2O2S. The van der Waals surface area contributed by atoms with Crippen molar-refractivity contribution in [3.8, 4) is 17.6 Å². The highest BCUT2D eigenvalue weighted by Gasteiger charge is 2.11. The smallest absolute Gasteiger partial charge is 0.163 e. The van der Waals surface area contributed by atoms with Gasteiger partial charge in [-0.3, -0.25) is 0 Å². The Morgan fingerprint density at radius 2 is 2.00 bits per heavy atom.